The van der Waals surface area contributed by atoms with E-state index in [9.17, 15) is 19.8 Å². The monoisotopic (exact) mass is 351 g/mol. The Bertz CT molecular complexity index is 875. The first kappa shape index (κ1) is 17.7. The number of hydrogen-bond donors (Lipinski definition) is 3. The highest BCUT2D eigenvalue weighted by molar-refractivity contribution is 5.74. The molecule has 1 saturated carbocycles. The molecule has 9 nitrogen and oxygen atoms in total. The second kappa shape index (κ2) is 7.01. The van der Waals surface area contributed by atoms with Crippen LogP contribution in [0.1, 0.15) is 32.1 Å². The number of nitrogens with zero attached hydrogens (tertiary/aromatic N) is 4. The van der Waals surface area contributed by atoms with Gasteiger partial charge in [-0.15, -0.1) is 0 Å². The van der Waals surface area contributed by atoms with Crippen LogP contribution in [0.5, 0.6) is 0 Å². The van der Waals surface area contributed by atoms with Crippen LogP contribution < -0.4 is 16.6 Å². The van der Waals surface area contributed by atoms with Crippen LogP contribution >= 0.6 is 0 Å². The van der Waals surface area contributed by atoms with Gasteiger partial charge in [0, 0.05) is 20.1 Å². The number of aliphatic hydroxyl groups is 2. The second-order valence-electron chi connectivity index (χ2n) is 6.74. The van der Waals surface area contributed by atoms with Crippen molar-refractivity contribution < 1.29 is 10.2 Å². The van der Waals surface area contributed by atoms with Crippen molar-refractivity contribution in [2.24, 2.45) is 14.1 Å². The summed E-state index contributed by atoms with van der Waals surface area (Å²) in [6, 6.07) is 0.247. The van der Waals surface area contributed by atoms with Crippen molar-refractivity contribution >= 4 is 17.1 Å². The van der Waals surface area contributed by atoms with Gasteiger partial charge in [0.15, 0.2) is 11.2 Å². The Hall–Kier alpha value is -2.13. The molecular formula is C16H25N5O4. The fourth-order valence-electron chi connectivity index (χ4n) is 3.43. The van der Waals surface area contributed by atoms with Gasteiger partial charge < -0.3 is 20.1 Å². The van der Waals surface area contributed by atoms with Gasteiger partial charge in [-0.1, -0.05) is 19.3 Å². The highest BCUT2D eigenvalue weighted by Gasteiger charge is 2.23. The Labute approximate surface area is 144 Å². The number of aryl methyl sites for hydroxylation is 1. The van der Waals surface area contributed by atoms with E-state index in [1.165, 1.54) is 18.0 Å². The summed E-state index contributed by atoms with van der Waals surface area (Å²) in [5, 5.41) is 22.5. The van der Waals surface area contributed by atoms with Crippen LogP contribution in [0.2, 0.25) is 0 Å². The van der Waals surface area contributed by atoms with Crippen LogP contribution in [0.4, 0.5) is 5.95 Å². The van der Waals surface area contributed by atoms with Gasteiger partial charge in [-0.05, 0) is 12.8 Å². The van der Waals surface area contributed by atoms with Crippen molar-refractivity contribution in [2.45, 2.75) is 50.8 Å². The molecule has 3 N–H and O–H groups in total. The minimum absolute atomic E-state index is 0.0233. The lowest BCUT2D eigenvalue weighted by molar-refractivity contribution is 0.0824. The lowest BCUT2D eigenvalue weighted by Gasteiger charge is -2.24. The summed E-state index contributed by atoms with van der Waals surface area (Å²) in [5.74, 6) is 0.452. The molecule has 1 aliphatic rings. The third-order valence-corrected chi connectivity index (χ3v) is 4.89. The smallest absolute Gasteiger partial charge is 0.332 e. The van der Waals surface area contributed by atoms with Gasteiger partial charge in [0.2, 0.25) is 5.95 Å². The number of anilines is 1. The van der Waals surface area contributed by atoms with Crippen molar-refractivity contribution in [1.29, 1.82) is 0 Å². The molecule has 0 amide bonds. The third kappa shape index (κ3) is 3.21. The normalized spacial score (nSPS) is 17.1. The summed E-state index contributed by atoms with van der Waals surface area (Å²) < 4.78 is 3.92. The summed E-state index contributed by atoms with van der Waals surface area (Å²) in [4.78, 5) is 29.2. The second-order valence-corrected chi connectivity index (χ2v) is 6.74. The van der Waals surface area contributed by atoms with Crippen molar-refractivity contribution in [1.82, 2.24) is 18.7 Å². The van der Waals surface area contributed by atoms with E-state index in [4.69, 9.17) is 0 Å². The number of aliphatic hydroxyl groups excluding tert-OH is 2. The summed E-state index contributed by atoms with van der Waals surface area (Å²) in [6.45, 7) is -0.399. The van der Waals surface area contributed by atoms with Crippen molar-refractivity contribution in [2.75, 3.05) is 11.9 Å². The Morgan fingerprint density at radius 1 is 1.20 bits per heavy atom. The molecule has 0 spiro atoms. The minimum Gasteiger partial charge on any atom is -0.394 e. The Morgan fingerprint density at radius 3 is 2.52 bits per heavy atom. The molecule has 2 aromatic heterocycles. The van der Waals surface area contributed by atoms with Crippen molar-refractivity contribution in [3.63, 3.8) is 0 Å². The van der Waals surface area contributed by atoms with E-state index in [-0.39, 0.29) is 23.8 Å². The van der Waals surface area contributed by atoms with E-state index in [2.05, 4.69) is 10.3 Å². The molecule has 0 aliphatic heterocycles. The first-order valence-electron chi connectivity index (χ1n) is 8.65. The third-order valence-electron chi connectivity index (χ3n) is 4.89. The fourth-order valence-corrected chi connectivity index (χ4v) is 3.43. The Kier molecular flexibility index (Phi) is 4.96. The summed E-state index contributed by atoms with van der Waals surface area (Å²) in [7, 11) is 2.98. The highest BCUT2D eigenvalue weighted by Crippen LogP contribution is 2.23. The molecule has 138 valence electrons. The van der Waals surface area contributed by atoms with Crippen LogP contribution in [-0.2, 0) is 20.6 Å². The van der Waals surface area contributed by atoms with E-state index >= 15 is 0 Å². The number of imidazole rings is 1. The van der Waals surface area contributed by atoms with E-state index < -0.39 is 24.0 Å². The van der Waals surface area contributed by atoms with Gasteiger partial charge in [-0.3, -0.25) is 13.9 Å². The average molecular weight is 351 g/mol. The number of rotatable bonds is 5. The van der Waals surface area contributed by atoms with Gasteiger partial charge in [-0.2, -0.15) is 4.98 Å². The first-order valence-corrected chi connectivity index (χ1v) is 8.65. The molecule has 2 aromatic rings. The van der Waals surface area contributed by atoms with Crippen LogP contribution in [0.25, 0.3) is 11.2 Å². The molecule has 25 heavy (non-hydrogen) atoms. The molecule has 9 heteroatoms. The zero-order valence-corrected chi connectivity index (χ0v) is 14.6. The van der Waals surface area contributed by atoms with Gasteiger partial charge in [-0.25, -0.2) is 4.79 Å². The van der Waals surface area contributed by atoms with E-state index in [1.54, 1.807) is 11.6 Å². The quantitative estimate of drug-likeness (QED) is 0.671. The molecule has 0 saturated heterocycles. The summed E-state index contributed by atoms with van der Waals surface area (Å²) in [6.07, 6.45) is 4.50. The van der Waals surface area contributed by atoms with Gasteiger partial charge in [0.05, 0.1) is 19.3 Å². The number of aromatic nitrogens is 4. The molecule has 3 rings (SSSR count). The van der Waals surface area contributed by atoms with Crippen LogP contribution in [0.15, 0.2) is 9.59 Å². The molecule has 0 radical (unpaired) electrons. The number of fused-ring (bicyclic) bond motifs is 1. The minimum atomic E-state index is -1.02. The van der Waals surface area contributed by atoms with E-state index in [0.29, 0.717) is 5.95 Å². The topological polar surface area (TPSA) is 114 Å². The standard InChI is InChI=1S/C16H25N5O4/c1-19-13-12(14(24)20(2)16(19)25)21(8-11(23)9-22)15(18-13)17-10-6-4-3-5-7-10/h10-11,22-23H,3-9H2,1-2H3,(H,17,18)/t11-/m1/s1. The number of hydrogen-bond acceptors (Lipinski definition) is 6. The zero-order valence-electron chi connectivity index (χ0n) is 14.6. The molecule has 1 aliphatic carbocycles. The first-order chi connectivity index (χ1) is 11.9. The van der Waals surface area contributed by atoms with Crippen molar-refractivity contribution in [3.05, 3.63) is 20.8 Å². The summed E-state index contributed by atoms with van der Waals surface area (Å²) in [5.41, 5.74) is -0.395. The van der Waals surface area contributed by atoms with Gasteiger partial charge in [0.1, 0.15) is 0 Å². The zero-order chi connectivity index (χ0) is 18.1. The molecule has 0 unspecified atom stereocenters. The largest absolute Gasteiger partial charge is 0.394 e. The maximum atomic E-state index is 12.6. The maximum Gasteiger partial charge on any atom is 0.332 e. The predicted octanol–water partition coefficient (Wildman–Crippen LogP) is -0.468. The molecular weight excluding hydrogens is 326 g/mol. The Balaban J connectivity index is 2.15. The van der Waals surface area contributed by atoms with Crippen LogP contribution in [-0.4, -0.2) is 47.7 Å². The molecule has 2 heterocycles. The van der Waals surface area contributed by atoms with Crippen molar-refractivity contribution in [3.8, 4) is 0 Å². The SMILES string of the molecule is Cn1c(=O)c2c(nc(NC3CCCCC3)n2C[C@@H](O)CO)n(C)c1=O. The molecule has 1 atom stereocenters. The van der Waals surface area contributed by atoms with E-state index in [1.807, 2.05) is 0 Å². The van der Waals surface area contributed by atoms with Gasteiger partial charge >= 0.3 is 5.69 Å². The van der Waals surface area contributed by atoms with Gasteiger partial charge in [0.25, 0.3) is 5.56 Å². The summed E-state index contributed by atoms with van der Waals surface area (Å²) >= 11 is 0. The fraction of sp³-hybridized carbons (Fsp3) is 0.688. The molecule has 0 bridgehead atoms. The lowest BCUT2D eigenvalue weighted by atomic mass is 9.96. The highest BCUT2D eigenvalue weighted by atomic mass is 16.3. The van der Waals surface area contributed by atoms with Crippen LogP contribution in [0, 0.1) is 0 Å². The lowest BCUT2D eigenvalue weighted by Crippen LogP contribution is -2.38. The van der Waals surface area contributed by atoms with Crippen LogP contribution in [0.3, 0.4) is 0 Å². The maximum absolute atomic E-state index is 12.6. The predicted molar refractivity (Wildman–Crippen MR) is 93.8 cm³/mol. The average Bonchev–Trinajstić information content (AvgIpc) is 2.97. The Morgan fingerprint density at radius 2 is 1.88 bits per heavy atom. The van der Waals surface area contributed by atoms with E-state index in [0.717, 1.165) is 30.3 Å². The molecule has 0 aromatic carbocycles. The molecule has 1 fully saturated rings. The number of nitrogens with one attached hydrogen (secondary N) is 1.